The molecule has 0 saturated carbocycles. The number of aliphatic hydroxyl groups excluding tert-OH is 1. The summed E-state index contributed by atoms with van der Waals surface area (Å²) >= 11 is 40.4. The van der Waals surface area contributed by atoms with Crippen LogP contribution in [0.25, 0.3) is 67.1 Å². The van der Waals surface area contributed by atoms with Crippen LogP contribution in [0.5, 0.6) is 0 Å². The molecule has 11 heterocycles. The maximum Gasteiger partial charge on any atom is 0.337 e. The number of benzene rings is 7. The molecule has 4 aliphatic heterocycles. The Morgan fingerprint density at radius 2 is 0.863 bits per heavy atom. The summed E-state index contributed by atoms with van der Waals surface area (Å²) in [7, 11) is 0. The monoisotopic (exact) mass is 2810 g/mol. The lowest BCUT2D eigenvalue weighted by Crippen LogP contribution is -2.45. The van der Waals surface area contributed by atoms with E-state index in [0.29, 0.717) is 116 Å². The number of nitriles is 1. The summed E-state index contributed by atoms with van der Waals surface area (Å²) < 4.78 is 54.8. The number of piperidine rings is 2. The van der Waals surface area contributed by atoms with Crippen molar-refractivity contribution in [2.75, 3.05) is 85.3 Å². The topological polar surface area (TPSA) is 515 Å². The lowest BCUT2D eigenvalue weighted by atomic mass is 10.0. The number of hydrogen-bond donors (Lipinski definition) is 8. The predicted octanol–water partition coefficient (Wildman–Crippen LogP) is 21.1. The average Bonchev–Trinajstić information content (AvgIpc) is 1.76. The molecule has 7 aromatic heterocycles. The van der Waals surface area contributed by atoms with Gasteiger partial charge in [0.05, 0.1) is 100 Å². The number of carbonyl (C=O) groups is 4. The summed E-state index contributed by atoms with van der Waals surface area (Å²) in [5.74, 6) is 1.33. The number of rotatable bonds is 11. The molecule has 0 aliphatic carbocycles. The van der Waals surface area contributed by atoms with Crippen molar-refractivity contribution in [2.45, 2.75) is 78.0 Å². The molecule has 684 valence electrons. The zero-order chi connectivity index (χ0) is 95.0. The van der Waals surface area contributed by atoms with Crippen molar-refractivity contribution in [2.24, 2.45) is 0 Å². The molecule has 12 N–H and O–H groups in total. The number of halogens is 13. The summed E-state index contributed by atoms with van der Waals surface area (Å²) in [5, 5.41) is 62.3. The highest BCUT2D eigenvalue weighted by molar-refractivity contribution is 14.1. The van der Waals surface area contributed by atoms with E-state index in [2.05, 4.69) is 286 Å². The third kappa shape index (κ3) is 27.8. The molecular weight excluding hydrogens is 2750 g/mol. The van der Waals surface area contributed by atoms with Crippen LogP contribution in [-0.2, 0) is 36.8 Å². The van der Waals surface area contributed by atoms with Crippen molar-refractivity contribution in [3.05, 3.63) is 221 Å². The van der Waals surface area contributed by atoms with E-state index in [1.165, 1.54) is 12.1 Å². The van der Waals surface area contributed by atoms with Crippen LogP contribution in [0.1, 0.15) is 97.1 Å². The normalized spacial score (nSPS) is 13.9. The molecule has 18 rings (SSSR count). The SMILES string of the molecule is Cc1noc(-c2cc3cc(Br)cc(C#N)c3nc2N2CCC3(CC2)OCCO3)n1.Cc1noc(-c2cc3cc(Br)cc(I)c3nc2Cl)n1.Cc1noc(-c2cc3cc(Br)cc(I)c3nc2N2CCC3(CC2)OCCO3)n1.Cc1noc(CC(=O)O)n1.Nc1c(I)cc(Br)cc1C(=O)O.Nc1c(I)cc(Br)cc1C=O.Nc1c(I)cc(Br)cc1CO.Nc1ccc(Br)cc1C(=O)O. The molecule has 34 nitrogen and oxygen atoms in total. The van der Waals surface area contributed by atoms with E-state index in [4.69, 9.17) is 97.4 Å². The van der Waals surface area contributed by atoms with Crippen molar-refractivity contribution < 1.29 is 76.6 Å². The molecule has 0 bridgehead atoms. The van der Waals surface area contributed by atoms with Gasteiger partial charge in [-0.3, -0.25) is 9.59 Å². The van der Waals surface area contributed by atoms with Crippen LogP contribution >= 0.6 is 236 Å². The van der Waals surface area contributed by atoms with Crippen molar-refractivity contribution >= 4 is 327 Å². The second kappa shape index (κ2) is 47.5. The van der Waals surface area contributed by atoms with E-state index in [1.807, 2.05) is 78.0 Å². The van der Waals surface area contributed by atoms with E-state index >= 15 is 0 Å². The van der Waals surface area contributed by atoms with E-state index in [1.54, 1.807) is 51.1 Å². The van der Waals surface area contributed by atoms with Gasteiger partial charge in [-0.15, -0.1) is 0 Å². The Morgan fingerprint density at radius 3 is 1.29 bits per heavy atom. The number of carboxylic acid groups (broad SMARTS) is 3. The van der Waals surface area contributed by atoms with Gasteiger partial charge < -0.3 is 90.2 Å². The second-order valence-electron chi connectivity index (χ2n) is 28.4. The lowest BCUT2D eigenvalue weighted by Gasteiger charge is -2.38. The number of aliphatic carboxylic acids is 1. The minimum Gasteiger partial charge on any atom is -0.481 e. The fourth-order valence-electron chi connectivity index (χ4n) is 13.1. The minimum absolute atomic E-state index is 0.0126. The number of carboxylic acids is 3. The number of nitrogens with zero attached hydrogens (tertiary/aromatic N) is 14. The third-order valence-electron chi connectivity index (χ3n) is 19.2. The summed E-state index contributed by atoms with van der Waals surface area (Å²) in [6.07, 6.45) is 3.67. The molecule has 2 spiro atoms. The lowest BCUT2D eigenvalue weighted by molar-refractivity contribution is -0.169. The van der Waals surface area contributed by atoms with Gasteiger partial charge in [-0.05, 0) is 250 Å². The predicted molar refractivity (Wildman–Crippen MR) is 558 cm³/mol. The molecule has 4 saturated heterocycles. The number of aromatic nitrogens is 11. The summed E-state index contributed by atoms with van der Waals surface area (Å²) in [6.45, 7) is 12.6. The Balaban J connectivity index is 0.000000150. The molecule has 131 heavy (non-hydrogen) atoms. The van der Waals surface area contributed by atoms with Crippen molar-refractivity contribution in [1.29, 1.82) is 5.26 Å². The first-order valence-corrected chi connectivity index (χ1v) is 49.7. The van der Waals surface area contributed by atoms with Crippen molar-refractivity contribution in [3.8, 4) is 40.4 Å². The van der Waals surface area contributed by atoms with Gasteiger partial charge in [-0.1, -0.05) is 144 Å². The van der Waals surface area contributed by atoms with Crippen molar-refractivity contribution in [1.82, 2.24) is 55.5 Å². The Hall–Kier alpha value is -7.20. The van der Waals surface area contributed by atoms with Crippen LogP contribution in [0.2, 0.25) is 5.15 Å². The number of aldehydes is 1. The molecular formula is C84H71Br7ClI5N18O16. The number of pyridine rings is 3. The summed E-state index contributed by atoms with van der Waals surface area (Å²) in [5.41, 5.74) is 30.8. The Labute approximate surface area is 878 Å². The fourth-order valence-corrected chi connectivity index (χ4v) is 22.1. The van der Waals surface area contributed by atoms with Gasteiger partial charge >= 0.3 is 17.9 Å². The molecule has 0 unspecified atom stereocenters. The van der Waals surface area contributed by atoms with Gasteiger partial charge in [-0.2, -0.15) is 25.2 Å². The number of aryl methyl sites for hydroxylation is 4. The number of hydrogen-bond acceptors (Lipinski definition) is 31. The van der Waals surface area contributed by atoms with Crippen LogP contribution in [0.4, 0.5) is 34.4 Å². The van der Waals surface area contributed by atoms with Gasteiger partial charge in [0, 0.05) is 134 Å². The van der Waals surface area contributed by atoms with Crippen molar-refractivity contribution in [3.63, 3.8) is 0 Å². The fraction of sp³-hybridized carbons (Fsp3) is 0.238. The highest BCUT2D eigenvalue weighted by Crippen LogP contribution is 2.43. The van der Waals surface area contributed by atoms with Gasteiger partial charge in [0.15, 0.2) is 41.2 Å². The molecule has 14 aromatic rings. The molecule has 4 aliphatic rings. The molecule has 0 atom stereocenters. The Kier molecular flexibility index (Phi) is 37.8. The third-order valence-corrected chi connectivity index (χ3v) is 27.0. The molecule has 4 fully saturated rings. The first kappa shape index (κ1) is 104. The van der Waals surface area contributed by atoms with E-state index < -0.39 is 29.5 Å². The number of anilines is 6. The average molecular weight is 2820 g/mol. The van der Waals surface area contributed by atoms with Crippen LogP contribution in [0.15, 0.2) is 159 Å². The first-order chi connectivity index (χ1) is 62.2. The van der Waals surface area contributed by atoms with Crippen LogP contribution in [-0.4, -0.2) is 164 Å². The van der Waals surface area contributed by atoms with E-state index in [-0.39, 0.29) is 35.7 Å². The first-order valence-electron chi connectivity index (χ1n) is 38.3. The van der Waals surface area contributed by atoms with E-state index in [9.17, 15) is 24.4 Å². The molecule has 0 radical (unpaired) electrons. The standard InChI is InChI=1S/C20H18BrN5O3.C19H18BrIN4O3.C12H6BrClIN3O.C7H5BrINO2.C7H7BrINO.C7H5BrINO.C7H6BrNO2.C5H6N2O3/c1-12-23-19(29-25-12)16-10-13-8-15(21)9-14(11-22)17(13)24-18(16)26-4-2-20(3-5-26)27-6-7-28-20;1-11-22-18(28-24-11)14-9-12-8-13(20)10-15(21)16(12)23-17(14)25-4-2-19(3-5-25)26-6-7-27-19;1-5-16-12(19-18-5)8-3-6-2-7(13)4-9(15)10(6)17-11(8)14;8-3-1-4(7(11)12)6(10)5(9)2-3;2*8-5-1-4(3-11)7(10)6(9)2-5;8-4-1-2-6(9)5(3-4)7(10)11;1-3-6-4(10-7-3)2-5(8)9/h8-10H,2-7H2,1H3;8-10H,2-7H2,1H3;2-4H,1H3;1-2H,10H2,(H,11,12);1-2,11H,3,10H2;1-3H,10H2;1-3H,9H2,(H,10,11);2H2,1H3,(H,8,9). The van der Waals surface area contributed by atoms with Gasteiger partial charge in [0.2, 0.25) is 5.89 Å². The molecule has 47 heteroatoms. The quantitative estimate of drug-likeness (QED) is 0.0258. The summed E-state index contributed by atoms with van der Waals surface area (Å²) in [4.78, 5) is 77.1. The number of nitrogen functional groups attached to an aromatic ring is 4. The number of ether oxygens (including phenoxy) is 4. The highest BCUT2D eigenvalue weighted by Gasteiger charge is 2.42. The number of aliphatic hydroxyl groups is 1. The van der Waals surface area contributed by atoms with E-state index in [0.717, 1.165) is 158 Å². The van der Waals surface area contributed by atoms with Gasteiger partial charge in [0.1, 0.15) is 29.3 Å². The van der Waals surface area contributed by atoms with Crippen LogP contribution in [0.3, 0.4) is 0 Å². The van der Waals surface area contributed by atoms with Gasteiger partial charge in [0.25, 0.3) is 17.7 Å². The maximum atomic E-state index is 10.6. The largest absolute Gasteiger partial charge is 0.481 e. The zero-order valence-corrected chi connectivity index (χ0v) is 91.2. The van der Waals surface area contributed by atoms with Crippen LogP contribution in [0, 0.1) is 56.9 Å². The highest BCUT2D eigenvalue weighted by atomic mass is 127. The maximum absolute atomic E-state index is 10.6. The number of carbonyl (C=O) groups excluding carboxylic acids is 1. The minimum atomic E-state index is -1.01. The Morgan fingerprint density at radius 1 is 0.473 bits per heavy atom. The number of nitrogens with two attached hydrogens (primary N) is 4. The zero-order valence-electron chi connectivity index (χ0n) is 68.5. The summed E-state index contributed by atoms with van der Waals surface area (Å²) in [6, 6.07) is 35.3. The second-order valence-corrected chi connectivity index (χ2v) is 40.9. The van der Waals surface area contributed by atoms with Gasteiger partial charge in [-0.25, -0.2) is 24.5 Å². The number of fused-ring (bicyclic) bond motifs is 3. The Bertz CT molecular complexity index is 6630. The molecule has 7 aromatic carbocycles. The molecule has 0 amide bonds. The van der Waals surface area contributed by atoms with Crippen LogP contribution < -0.4 is 32.7 Å². The smallest absolute Gasteiger partial charge is 0.337 e. The number of aromatic carboxylic acids is 2.